The molecular formula is C19H31NO. The van der Waals surface area contributed by atoms with Gasteiger partial charge in [0.15, 0.2) is 0 Å². The maximum Gasteiger partial charge on any atom is 0.119 e. The molecule has 21 heavy (non-hydrogen) atoms. The van der Waals surface area contributed by atoms with Gasteiger partial charge in [0.1, 0.15) is 5.75 Å². The fraction of sp³-hybridized carbons (Fsp3) is 0.684. The Morgan fingerprint density at radius 3 is 2.48 bits per heavy atom. The van der Waals surface area contributed by atoms with Crippen molar-refractivity contribution in [2.24, 2.45) is 5.92 Å². The Bertz CT molecular complexity index is 396. The van der Waals surface area contributed by atoms with Crippen molar-refractivity contribution in [1.29, 1.82) is 0 Å². The molecule has 1 aromatic carbocycles. The van der Waals surface area contributed by atoms with Crippen molar-refractivity contribution < 1.29 is 4.74 Å². The molecule has 2 nitrogen and oxygen atoms in total. The summed E-state index contributed by atoms with van der Waals surface area (Å²) < 4.78 is 5.68. The van der Waals surface area contributed by atoms with Crippen molar-refractivity contribution >= 4 is 0 Å². The summed E-state index contributed by atoms with van der Waals surface area (Å²) in [6.45, 7) is 6.02. The Balaban J connectivity index is 2.13. The quantitative estimate of drug-likeness (QED) is 0.787. The van der Waals surface area contributed by atoms with Crippen molar-refractivity contribution in [1.82, 2.24) is 5.32 Å². The van der Waals surface area contributed by atoms with Crippen LogP contribution in [0.1, 0.15) is 70.4 Å². The van der Waals surface area contributed by atoms with Crippen LogP contribution < -0.4 is 10.1 Å². The lowest BCUT2D eigenvalue weighted by Crippen LogP contribution is -2.29. The van der Waals surface area contributed by atoms with Crippen LogP contribution in [0.25, 0.3) is 0 Å². The molecule has 0 radical (unpaired) electrons. The highest BCUT2D eigenvalue weighted by Gasteiger charge is 2.23. The van der Waals surface area contributed by atoms with Crippen LogP contribution in [0.3, 0.4) is 0 Å². The second-order valence-corrected chi connectivity index (χ2v) is 6.15. The standard InChI is InChI=1S/C19H31NO/c1-3-20-19(16-11-8-6-5-7-9-12-16)17-13-10-14-18(15-17)21-4-2/h10,13-16,19-20H,3-9,11-12H2,1-2H3. The maximum atomic E-state index is 5.68. The Morgan fingerprint density at radius 1 is 1.10 bits per heavy atom. The summed E-state index contributed by atoms with van der Waals surface area (Å²) in [7, 11) is 0. The number of benzene rings is 1. The minimum absolute atomic E-state index is 0.480. The summed E-state index contributed by atoms with van der Waals surface area (Å²) in [5.74, 6) is 1.77. The summed E-state index contributed by atoms with van der Waals surface area (Å²) >= 11 is 0. The molecule has 0 aromatic heterocycles. The van der Waals surface area contributed by atoms with Crippen molar-refractivity contribution in [2.45, 2.75) is 64.8 Å². The molecule has 2 rings (SSSR count). The molecular weight excluding hydrogens is 258 g/mol. The van der Waals surface area contributed by atoms with E-state index in [1.807, 2.05) is 6.92 Å². The van der Waals surface area contributed by atoms with Crippen LogP contribution in [0, 0.1) is 5.92 Å². The molecule has 1 aliphatic carbocycles. The predicted molar refractivity (Wildman–Crippen MR) is 89.8 cm³/mol. The van der Waals surface area contributed by atoms with Gasteiger partial charge in [0.05, 0.1) is 6.61 Å². The molecule has 0 spiro atoms. The van der Waals surface area contributed by atoms with E-state index in [1.54, 1.807) is 0 Å². The third-order valence-corrected chi connectivity index (χ3v) is 4.57. The zero-order chi connectivity index (χ0) is 14.9. The van der Waals surface area contributed by atoms with Gasteiger partial charge in [0.25, 0.3) is 0 Å². The second-order valence-electron chi connectivity index (χ2n) is 6.15. The summed E-state index contributed by atoms with van der Waals surface area (Å²) in [6.07, 6.45) is 9.74. The Labute approximate surface area is 130 Å². The van der Waals surface area contributed by atoms with Gasteiger partial charge in [-0.15, -0.1) is 0 Å². The monoisotopic (exact) mass is 289 g/mol. The fourth-order valence-corrected chi connectivity index (χ4v) is 3.56. The second kappa shape index (κ2) is 9.09. The lowest BCUT2D eigenvalue weighted by molar-refractivity contribution is 0.290. The minimum Gasteiger partial charge on any atom is -0.494 e. The summed E-state index contributed by atoms with van der Waals surface area (Å²) in [4.78, 5) is 0. The van der Waals surface area contributed by atoms with Crippen molar-refractivity contribution in [3.8, 4) is 5.75 Å². The first-order valence-electron chi connectivity index (χ1n) is 8.81. The van der Waals surface area contributed by atoms with Crippen LogP contribution in [0.2, 0.25) is 0 Å². The van der Waals surface area contributed by atoms with Gasteiger partial charge in [0, 0.05) is 6.04 Å². The molecule has 0 heterocycles. The van der Waals surface area contributed by atoms with Crippen LogP contribution in [-0.2, 0) is 0 Å². The van der Waals surface area contributed by atoms with Crippen molar-refractivity contribution in [2.75, 3.05) is 13.2 Å². The van der Waals surface area contributed by atoms with Gasteiger partial charge in [-0.1, -0.05) is 51.2 Å². The van der Waals surface area contributed by atoms with Crippen LogP contribution in [0.15, 0.2) is 24.3 Å². The van der Waals surface area contributed by atoms with E-state index in [9.17, 15) is 0 Å². The lowest BCUT2D eigenvalue weighted by atomic mass is 9.83. The average molecular weight is 289 g/mol. The van der Waals surface area contributed by atoms with Gasteiger partial charge in [-0.3, -0.25) is 0 Å². The zero-order valence-corrected chi connectivity index (χ0v) is 13.7. The number of ether oxygens (including phenoxy) is 1. The lowest BCUT2D eigenvalue weighted by Gasteiger charge is -2.30. The van der Waals surface area contributed by atoms with E-state index >= 15 is 0 Å². The average Bonchev–Trinajstić information content (AvgIpc) is 2.46. The first-order chi connectivity index (χ1) is 10.3. The van der Waals surface area contributed by atoms with Gasteiger partial charge in [-0.05, 0) is 49.9 Å². The molecule has 0 aliphatic heterocycles. The molecule has 1 N–H and O–H groups in total. The smallest absolute Gasteiger partial charge is 0.119 e. The molecule has 2 heteroatoms. The van der Waals surface area contributed by atoms with E-state index in [2.05, 4.69) is 36.5 Å². The molecule has 0 amide bonds. The van der Waals surface area contributed by atoms with E-state index in [-0.39, 0.29) is 0 Å². The molecule has 1 aromatic rings. The first kappa shape index (κ1) is 16.4. The first-order valence-corrected chi connectivity index (χ1v) is 8.81. The van der Waals surface area contributed by atoms with Crippen LogP contribution in [-0.4, -0.2) is 13.2 Å². The fourth-order valence-electron chi connectivity index (χ4n) is 3.56. The molecule has 0 saturated heterocycles. The molecule has 118 valence electrons. The molecule has 1 unspecified atom stereocenters. The molecule has 1 saturated carbocycles. The number of hydrogen-bond donors (Lipinski definition) is 1. The third-order valence-electron chi connectivity index (χ3n) is 4.57. The SMILES string of the molecule is CCNC(c1cccc(OCC)c1)C1CCCCCCC1. The van der Waals surface area contributed by atoms with Gasteiger partial charge < -0.3 is 10.1 Å². The molecule has 0 bridgehead atoms. The third kappa shape index (κ3) is 5.03. The summed E-state index contributed by atoms with van der Waals surface area (Å²) in [6, 6.07) is 9.17. The highest BCUT2D eigenvalue weighted by atomic mass is 16.5. The molecule has 1 fully saturated rings. The Hall–Kier alpha value is -1.02. The van der Waals surface area contributed by atoms with Gasteiger partial charge in [0.2, 0.25) is 0 Å². The Kier molecular flexibility index (Phi) is 7.08. The maximum absolute atomic E-state index is 5.68. The van der Waals surface area contributed by atoms with Gasteiger partial charge >= 0.3 is 0 Å². The number of hydrogen-bond acceptors (Lipinski definition) is 2. The molecule has 1 aliphatic rings. The van der Waals surface area contributed by atoms with E-state index in [4.69, 9.17) is 4.74 Å². The van der Waals surface area contributed by atoms with E-state index < -0.39 is 0 Å². The van der Waals surface area contributed by atoms with E-state index in [1.165, 1.54) is 50.5 Å². The molecule has 1 atom stereocenters. The van der Waals surface area contributed by atoms with Gasteiger partial charge in [-0.25, -0.2) is 0 Å². The van der Waals surface area contributed by atoms with Crippen molar-refractivity contribution in [3.05, 3.63) is 29.8 Å². The van der Waals surface area contributed by atoms with E-state index in [0.717, 1.165) is 24.8 Å². The van der Waals surface area contributed by atoms with Crippen LogP contribution >= 0.6 is 0 Å². The largest absolute Gasteiger partial charge is 0.494 e. The zero-order valence-electron chi connectivity index (χ0n) is 13.7. The predicted octanol–water partition coefficient (Wildman–Crippen LogP) is 5.10. The highest BCUT2D eigenvalue weighted by molar-refractivity contribution is 5.31. The number of nitrogens with one attached hydrogen (secondary N) is 1. The highest BCUT2D eigenvalue weighted by Crippen LogP contribution is 2.34. The van der Waals surface area contributed by atoms with Gasteiger partial charge in [-0.2, -0.15) is 0 Å². The van der Waals surface area contributed by atoms with Crippen LogP contribution in [0.5, 0.6) is 5.75 Å². The minimum atomic E-state index is 0.480. The summed E-state index contributed by atoms with van der Waals surface area (Å²) in [5, 5.41) is 3.73. The van der Waals surface area contributed by atoms with Crippen LogP contribution in [0.4, 0.5) is 0 Å². The van der Waals surface area contributed by atoms with E-state index in [0.29, 0.717) is 6.04 Å². The topological polar surface area (TPSA) is 21.3 Å². The number of rotatable bonds is 6. The van der Waals surface area contributed by atoms with Crippen molar-refractivity contribution in [3.63, 3.8) is 0 Å². The Morgan fingerprint density at radius 2 is 1.81 bits per heavy atom. The normalized spacial score (nSPS) is 18.8. The summed E-state index contributed by atoms with van der Waals surface area (Å²) in [5.41, 5.74) is 1.40.